The van der Waals surface area contributed by atoms with E-state index in [4.69, 9.17) is 9.47 Å². The van der Waals surface area contributed by atoms with Crippen LogP contribution in [0.15, 0.2) is 17.0 Å². The standard InChI is InChI=1S/C17H25NO2S/c1-12-3-4-13(7-12)10-18-11-14-8-15-16(9-17(14)21-2)20-6-5-19-15/h8-9,12-13,18H,3-7,10-11H2,1-2H3. The van der Waals surface area contributed by atoms with Crippen LogP contribution in [0.1, 0.15) is 31.7 Å². The van der Waals surface area contributed by atoms with Gasteiger partial charge in [0.1, 0.15) is 13.2 Å². The predicted molar refractivity (Wildman–Crippen MR) is 87.4 cm³/mol. The van der Waals surface area contributed by atoms with Gasteiger partial charge < -0.3 is 14.8 Å². The fourth-order valence-corrected chi connectivity index (χ4v) is 3.98. The summed E-state index contributed by atoms with van der Waals surface area (Å²) in [5, 5.41) is 3.64. The number of nitrogens with one attached hydrogen (secondary N) is 1. The van der Waals surface area contributed by atoms with Crippen molar-refractivity contribution >= 4 is 11.8 Å². The van der Waals surface area contributed by atoms with Crippen molar-refractivity contribution in [3.05, 3.63) is 17.7 Å². The minimum atomic E-state index is 0.651. The smallest absolute Gasteiger partial charge is 0.162 e. The van der Waals surface area contributed by atoms with Crippen molar-refractivity contribution in [1.82, 2.24) is 5.32 Å². The fraction of sp³-hybridized carbons (Fsp3) is 0.647. The second kappa shape index (κ2) is 6.93. The van der Waals surface area contributed by atoms with Crippen molar-refractivity contribution in [2.24, 2.45) is 11.8 Å². The van der Waals surface area contributed by atoms with Crippen LogP contribution < -0.4 is 14.8 Å². The molecule has 1 aliphatic heterocycles. The molecule has 2 aliphatic rings. The third-order valence-corrected chi connectivity index (χ3v) is 5.32. The van der Waals surface area contributed by atoms with Gasteiger partial charge in [0.25, 0.3) is 0 Å². The molecule has 116 valence electrons. The third-order valence-electron chi connectivity index (χ3n) is 4.50. The van der Waals surface area contributed by atoms with Gasteiger partial charge in [0.05, 0.1) is 0 Å². The van der Waals surface area contributed by atoms with Crippen LogP contribution in [-0.2, 0) is 6.54 Å². The highest BCUT2D eigenvalue weighted by Crippen LogP contribution is 2.36. The van der Waals surface area contributed by atoms with Crippen molar-refractivity contribution in [2.45, 2.75) is 37.6 Å². The van der Waals surface area contributed by atoms with Crippen LogP contribution in [0.4, 0.5) is 0 Å². The normalized spacial score (nSPS) is 24.3. The first-order valence-electron chi connectivity index (χ1n) is 7.93. The van der Waals surface area contributed by atoms with Crippen LogP contribution in [0.3, 0.4) is 0 Å². The Morgan fingerprint density at radius 1 is 1.19 bits per heavy atom. The number of hydrogen-bond donors (Lipinski definition) is 1. The molecule has 2 atom stereocenters. The van der Waals surface area contributed by atoms with Gasteiger partial charge in [-0.25, -0.2) is 0 Å². The van der Waals surface area contributed by atoms with E-state index in [1.807, 2.05) is 0 Å². The Bertz CT molecular complexity index is 492. The summed E-state index contributed by atoms with van der Waals surface area (Å²) in [7, 11) is 0. The maximum Gasteiger partial charge on any atom is 0.162 e. The van der Waals surface area contributed by atoms with Crippen molar-refractivity contribution in [1.29, 1.82) is 0 Å². The lowest BCUT2D eigenvalue weighted by Gasteiger charge is -2.21. The topological polar surface area (TPSA) is 30.5 Å². The molecule has 0 aromatic heterocycles. The maximum absolute atomic E-state index is 5.70. The summed E-state index contributed by atoms with van der Waals surface area (Å²) in [6.07, 6.45) is 6.27. The highest BCUT2D eigenvalue weighted by Gasteiger charge is 2.21. The summed E-state index contributed by atoms with van der Waals surface area (Å²) in [6.45, 7) is 5.72. The van der Waals surface area contributed by atoms with E-state index in [0.29, 0.717) is 13.2 Å². The van der Waals surface area contributed by atoms with Crippen LogP contribution in [0.25, 0.3) is 0 Å². The minimum Gasteiger partial charge on any atom is -0.486 e. The lowest BCUT2D eigenvalue weighted by atomic mass is 10.1. The summed E-state index contributed by atoms with van der Waals surface area (Å²) >= 11 is 1.78. The number of hydrogen-bond acceptors (Lipinski definition) is 4. The average molecular weight is 307 g/mol. The largest absolute Gasteiger partial charge is 0.486 e. The highest BCUT2D eigenvalue weighted by atomic mass is 32.2. The Kier molecular flexibility index (Phi) is 4.96. The van der Waals surface area contributed by atoms with Gasteiger partial charge >= 0.3 is 0 Å². The van der Waals surface area contributed by atoms with Crippen LogP contribution >= 0.6 is 11.8 Å². The van der Waals surface area contributed by atoms with Crippen molar-refractivity contribution in [3.63, 3.8) is 0 Å². The third kappa shape index (κ3) is 3.67. The fourth-order valence-electron chi connectivity index (χ4n) is 3.36. The predicted octanol–water partition coefficient (Wildman–Crippen LogP) is 3.71. The Hall–Kier alpha value is -0.870. The molecule has 1 aromatic carbocycles. The molecule has 3 rings (SSSR count). The zero-order valence-electron chi connectivity index (χ0n) is 13.0. The van der Waals surface area contributed by atoms with Gasteiger partial charge in [-0.2, -0.15) is 0 Å². The van der Waals surface area contributed by atoms with E-state index in [0.717, 1.165) is 36.4 Å². The zero-order valence-corrected chi connectivity index (χ0v) is 13.8. The number of rotatable bonds is 5. The van der Waals surface area contributed by atoms with E-state index in [1.165, 1.54) is 29.7 Å². The molecule has 1 aromatic rings. The Labute approximate surface area is 131 Å². The molecule has 2 unspecified atom stereocenters. The van der Waals surface area contributed by atoms with Crippen LogP contribution in [0.5, 0.6) is 11.5 Å². The first-order valence-corrected chi connectivity index (χ1v) is 9.16. The molecule has 1 heterocycles. The summed E-state index contributed by atoms with van der Waals surface area (Å²) in [6, 6.07) is 4.26. The van der Waals surface area contributed by atoms with Gasteiger partial charge in [0, 0.05) is 11.4 Å². The number of ether oxygens (including phenoxy) is 2. The lowest BCUT2D eigenvalue weighted by molar-refractivity contribution is 0.171. The Morgan fingerprint density at radius 3 is 2.62 bits per heavy atom. The summed E-state index contributed by atoms with van der Waals surface area (Å²) < 4.78 is 11.4. The summed E-state index contributed by atoms with van der Waals surface area (Å²) in [4.78, 5) is 1.28. The molecule has 0 saturated heterocycles. The molecule has 0 radical (unpaired) electrons. The molecule has 1 aliphatic carbocycles. The Balaban J connectivity index is 1.61. The molecule has 0 spiro atoms. The molecule has 1 N–H and O–H groups in total. The van der Waals surface area contributed by atoms with Gasteiger partial charge in [0.2, 0.25) is 0 Å². The molecular formula is C17H25NO2S. The number of fused-ring (bicyclic) bond motifs is 1. The monoisotopic (exact) mass is 307 g/mol. The molecule has 0 bridgehead atoms. The summed E-state index contributed by atoms with van der Waals surface area (Å²) in [5.41, 5.74) is 1.32. The second-order valence-corrected chi connectivity index (χ2v) is 7.07. The summed E-state index contributed by atoms with van der Waals surface area (Å²) in [5.74, 6) is 3.55. The van der Waals surface area contributed by atoms with Crippen LogP contribution in [0.2, 0.25) is 0 Å². The van der Waals surface area contributed by atoms with E-state index < -0.39 is 0 Å². The first-order chi connectivity index (χ1) is 10.3. The van der Waals surface area contributed by atoms with Gasteiger partial charge in [-0.3, -0.25) is 0 Å². The molecule has 21 heavy (non-hydrogen) atoms. The van der Waals surface area contributed by atoms with E-state index >= 15 is 0 Å². The van der Waals surface area contributed by atoms with Crippen LogP contribution in [-0.4, -0.2) is 26.0 Å². The molecular weight excluding hydrogens is 282 g/mol. The maximum atomic E-state index is 5.70. The van der Waals surface area contributed by atoms with Crippen LogP contribution in [0, 0.1) is 11.8 Å². The SMILES string of the molecule is CSc1cc2c(cc1CNCC1CCC(C)C1)OCCO2. The molecule has 0 amide bonds. The number of thioether (sulfide) groups is 1. The minimum absolute atomic E-state index is 0.651. The van der Waals surface area contributed by atoms with Gasteiger partial charge in [-0.05, 0) is 55.2 Å². The molecule has 1 fully saturated rings. The van der Waals surface area contributed by atoms with Crippen molar-refractivity contribution in [3.8, 4) is 11.5 Å². The van der Waals surface area contributed by atoms with E-state index in [2.05, 4.69) is 30.6 Å². The average Bonchev–Trinajstić information content (AvgIpc) is 2.92. The first kappa shape index (κ1) is 15.0. The molecule has 3 nitrogen and oxygen atoms in total. The Morgan fingerprint density at radius 2 is 1.95 bits per heavy atom. The van der Waals surface area contributed by atoms with Crippen molar-refractivity contribution < 1.29 is 9.47 Å². The number of benzene rings is 1. The van der Waals surface area contributed by atoms with Gasteiger partial charge in [-0.15, -0.1) is 11.8 Å². The van der Waals surface area contributed by atoms with E-state index in [-0.39, 0.29) is 0 Å². The van der Waals surface area contributed by atoms with Crippen molar-refractivity contribution in [2.75, 3.05) is 26.0 Å². The quantitative estimate of drug-likeness (QED) is 0.840. The second-order valence-electron chi connectivity index (χ2n) is 6.22. The van der Waals surface area contributed by atoms with E-state index in [1.54, 1.807) is 11.8 Å². The van der Waals surface area contributed by atoms with Gasteiger partial charge in [0.15, 0.2) is 11.5 Å². The molecule has 4 heteroatoms. The zero-order chi connectivity index (χ0) is 14.7. The lowest BCUT2D eigenvalue weighted by Crippen LogP contribution is -2.22. The van der Waals surface area contributed by atoms with Gasteiger partial charge in [-0.1, -0.05) is 13.3 Å². The van der Waals surface area contributed by atoms with E-state index in [9.17, 15) is 0 Å². The molecule has 1 saturated carbocycles. The highest BCUT2D eigenvalue weighted by molar-refractivity contribution is 7.98.